The third-order valence-electron chi connectivity index (χ3n) is 2.96. The number of benzene rings is 2. The molecule has 2 aromatic carbocycles. The first kappa shape index (κ1) is 15.8. The molecule has 0 aliphatic rings. The Labute approximate surface area is 138 Å². The van der Waals surface area contributed by atoms with Gasteiger partial charge in [-0.3, -0.25) is 0 Å². The average molecular weight is 393 g/mol. The lowest BCUT2D eigenvalue weighted by Crippen LogP contribution is -2.00. The first-order valence-electron chi connectivity index (χ1n) is 6.67. The summed E-state index contributed by atoms with van der Waals surface area (Å²) in [5.41, 5.74) is 3.32. The van der Waals surface area contributed by atoms with Crippen molar-refractivity contribution in [2.24, 2.45) is 0 Å². The zero-order valence-corrected chi connectivity index (χ0v) is 13.9. The van der Waals surface area contributed by atoms with Crippen LogP contribution in [-0.4, -0.2) is 20.3 Å². The summed E-state index contributed by atoms with van der Waals surface area (Å²) in [5.74, 6) is 0.726. The minimum Gasteiger partial charge on any atom is -0.490 e. The van der Waals surface area contributed by atoms with Crippen molar-refractivity contribution in [3.8, 4) is 5.75 Å². The second kappa shape index (κ2) is 8.02. The van der Waals surface area contributed by atoms with Crippen LogP contribution in [0.4, 0.5) is 10.1 Å². The second-order valence-electron chi connectivity index (χ2n) is 4.43. The van der Waals surface area contributed by atoms with E-state index in [0.717, 1.165) is 26.1 Å². The predicted molar refractivity (Wildman–Crippen MR) is 95.5 cm³/mol. The fourth-order valence-electron chi connectivity index (χ4n) is 1.84. The summed E-state index contributed by atoms with van der Waals surface area (Å²) in [7, 11) is 1.90. The van der Waals surface area contributed by atoms with Crippen molar-refractivity contribution in [2.75, 3.05) is 25.6 Å². The fourth-order valence-corrected chi connectivity index (χ4v) is 2.53. The minimum absolute atomic E-state index is 0.100. The molecule has 0 saturated carbocycles. The monoisotopic (exact) mass is 393 g/mol. The summed E-state index contributed by atoms with van der Waals surface area (Å²) < 4.78 is 18.4. The average Bonchev–Trinajstić information content (AvgIpc) is 2.52. The molecular weight excluding hydrogens is 376 g/mol. The van der Waals surface area contributed by atoms with Crippen LogP contribution in [0.2, 0.25) is 0 Å². The van der Waals surface area contributed by atoms with Crippen LogP contribution in [-0.2, 0) is 0 Å². The summed E-state index contributed by atoms with van der Waals surface area (Å²) in [4.78, 5) is 0. The van der Waals surface area contributed by atoms with E-state index < -0.39 is 6.67 Å². The Morgan fingerprint density at radius 3 is 2.38 bits per heavy atom. The van der Waals surface area contributed by atoms with Crippen LogP contribution < -0.4 is 10.1 Å². The molecule has 1 N–H and O–H groups in total. The molecule has 0 amide bonds. The largest absolute Gasteiger partial charge is 0.490 e. The molecule has 0 unspecified atom stereocenters. The Morgan fingerprint density at radius 1 is 1.10 bits per heavy atom. The highest BCUT2D eigenvalue weighted by Gasteiger charge is 2.01. The van der Waals surface area contributed by atoms with E-state index in [9.17, 15) is 4.39 Å². The molecule has 0 fully saturated rings. The van der Waals surface area contributed by atoms with Gasteiger partial charge in [0.2, 0.25) is 0 Å². The second-order valence-corrected chi connectivity index (χ2v) is 5.59. The van der Waals surface area contributed by atoms with E-state index in [0.29, 0.717) is 0 Å². The van der Waals surface area contributed by atoms with Gasteiger partial charge in [-0.25, -0.2) is 4.39 Å². The molecule has 0 aromatic heterocycles. The molecule has 0 spiro atoms. The van der Waals surface area contributed by atoms with Crippen LogP contribution >= 0.6 is 22.6 Å². The lowest BCUT2D eigenvalue weighted by Gasteiger charge is -2.06. The summed E-state index contributed by atoms with van der Waals surface area (Å²) in [5, 5.41) is 3.09. The van der Waals surface area contributed by atoms with Gasteiger partial charge in [0.1, 0.15) is 19.0 Å². The van der Waals surface area contributed by atoms with E-state index in [4.69, 9.17) is 4.74 Å². The third kappa shape index (κ3) is 4.74. The molecule has 0 radical (unpaired) electrons. The van der Waals surface area contributed by atoms with Crippen LogP contribution in [0.1, 0.15) is 11.1 Å². The number of ether oxygens (including phenoxy) is 1. The standard InChI is InChI=1S/C17H17FINO/c1-20-15-7-4-13(5-8-15)2-3-14-6-9-17(16(19)12-14)21-11-10-18/h2-9,12,20H,10-11H2,1H3/i19-4. The lowest BCUT2D eigenvalue weighted by atomic mass is 10.1. The van der Waals surface area contributed by atoms with Gasteiger partial charge in [-0.1, -0.05) is 30.4 Å². The molecule has 0 heterocycles. The van der Waals surface area contributed by atoms with E-state index in [1.54, 1.807) is 0 Å². The SMILES string of the molecule is CNc1ccc(C=Cc2ccc(OCCF)c([123I])c2)cc1. The van der Waals surface area contributed by atoms with Crippen molar-refractivity contribution in [1.29, 1.82) is 0 Å². The van der Waals surface area contributed by atoms with Crippen molar-refractivity contribution < 1.29 is 9.13 Å². The van der Waals surface area contributed by atoms with Gasteiger partial charge in [-0.05, 0) is 58.0 Å². The van der Waals surface area contributed by atoms with Gasteiger partial charge in [0.15, 0.2) is 0 Å². The van der Waals surface area contributed by atoms with Crippen molar-refractivity contribution in [2.45, 2.75) is 0 Å². The van der Waals surface area contributed by atoms with Gasteiger partial charge in [0, 0.05) is 12.7 Å². The molecule has 110 valence electrons. The zero-order chi connectivity index (χ0) is 15.1. The minimum atomic E-state index is -0.472. The Balaban J connectivity index is 2.07. The number of alkyl halides is 1. The van der Waals surface area contributed by atoms with Gasteiger partial charge < -0.3 is 10.1 Å². The fraction of sp³-hybridized carbons (Fsp3) is 0.176. The van der Waals surface area contributed by atoms with E-state index >= 15 is 0 Å². The maximum Gasteiger partial charge on any atom is 0.132 e. The molecule has 0 atom stereocenters. The third-order valence-corrected chi connectivity index (χ3v) is 3.80. The summed E-state index contributed by atoms with van der Waals surface area (Å²) in [6.45, 7) is -0.372. The Hall–Kier alpha value is -1.56. The van der Waals surface area contributed by atoms with E-state index in [1.165, 1.54) is 0 Å². The maximum absolute atomic E-state index is 12.1. The zero-order valence-electron chi connectivity index (χ0n) is 11.8. The smallest absolute Gasteiger partial charge is 0.132 e. The molecule has 4 heteroatoms. The van der Waals surface area contributed by atoms with Crippen molar-refractivity contribution >= 4 is 40.4 Å². The summed E-state index contributed by atoms with van der Waals surface area (Å²) in [6, 6.07) is 14.1. The van der Waals surface area contributed by atoms with E-state index in [-0.39, 0.29) is 6.61 Å². The first-order chi connectivity index (χ1) is 10.2. The molecule has 0 saturated heterocycles. The van der Waals surface area contributed by atoms with Crippen molar-refractivity contribution in [1.82, 2.24) is 0 Å². The normalized spacial score (nSPS) is 10.8. The summed E-state index contributed by atoms with van der Waals surface area (Å²) in [6.07, 6.45) is 4.11. The van der Waals surface area contributed by atoms with Gasteiger partial charge in [0.05, 0.1) is 3.57 Å². The van der Waals surface area contributed by atoms with E-state index in [2.05, 4.69) is 52.2 Å². The number of anilines is 1. The number of hydrogen-bond donors (Lipinski definition) is 1. The topological polar surface area (TPSA) is 21.3 Å². The van der Waals surface area contributed by atoms with Gasteiger partial charge >= 0.3 is 0 Å². The first-order valence-corrected chi connectivity index (χ1v) is 7.75. The molecular formula is C17H17FINO. The number of hydrogen-bond acceptors (Lipinski definition) is 2. The quantitative estimate of drug-likeness (QED) is 0.560. The Morgan fingerprint density at radius 2 is 1.76 bits per heavy atom. The van der Waals surface area contributed by atoms with Crippen LogP contribution in [0.25, 0.3) is 12.2 Å². The highest BCUT2D eigenvalue weighted by molar-refractivity contribution is 14.1. The predicted octanol–water partition coefficient (Wildman–Crippen LogP) is 4.85. The van der Waals surface area contributed by atoms with Crippen LogP contribution in [0.15, 0.2) is 42.5 Å². The molecule has 2 aromatic rings. The Kier molecular flexibility index (Phi) is 6.04. The number of rotatable bonds is 6. The lowest BCUT2D eigenvalue weighted by molar-refractivity contribution is 0.271. The number of nitrogens with one attached hydrogen (secondary N) is 1. The van der Waals surface area contributed by atoms with Gasteiger partial charge in [0.25, 0.3) is 0 Å². The molecule has 21 heavy (non-hydrogen) atoms. The van der Waals surface area contributed by atoms with Crippen LogP contribution in [0.3, 0.4) is 0 Å². The Bertz CT molecular complexity index is 611. The highest BCUT2D eigenvalue weighted by Crippen LogP contribution is 2.23. The summed E-state index contributed by atoms with van der Waals surface area (Å²) >= 11 is 2.20. The van der Waals surface area contributed by atoms with Crippen molar-refractivity contribution in [3.05, 3.63) is 57.2 Å². The molecule has 0 aliphatic carbocycles. The van der Waals surface area contributed by atoms with Crippen LogP contribution in [0, 0.1) is 3.57 Å². The molecule has 2 rings (SSSR count). The van der Waals surface area contributed by atoms with Gasteiger partial charge in [-0.2, -0.15) is 0 Å². The molecule has 0 bridgehead atoms. The van der Waals surface area contributed by atoms with E-state index in [1.807, 2.05) is 37.4 Å². The van der Waals surface area contributed by atoms with Crippen molar-refractivity contribution in [3.63, 3.8) is 0 Å². The highest BCUT2D eigenvalue weighted by atomic mass is 123. The van der Waals surface area contributed by atoms with Gasteiger partial charge in [-0.15, -0.1) is 0 Å². The molecule has 2 nitrogen and oxygen atoms in total. The maximum atomic E-state index is 12.1. The number of halogens is 2. The van der Waals surface area contributed by atoms with Crippen LogP contribution in [0.5, 0.6) is 5.75 Å². The molecule has 0 aliphatic heterocycles.